The summed E-state index contributed by atoms with van der Waals surface area (Å²) in [6, 6.07) is 4.58. The number of benzene rings is 1. The lowest BCUT2D eigenvalue weighted by atomic mass is 10.2. The van der Waals surface area contributed by atoms with Gasteiger partial charge < -0.3 is 24.8 Å². The molecule has 1 atom stereocenters. The Morgan fingerprint density at radius 3 is 2.19 bits per heavy atom. The van der Waals surface area contributed by atoms with Gasteiger partial charge in [0, 0.05) is 37.5 Å². The first kappa shape index (κ1) is 16.6. The summed E-state index contributed by atoms with van der Waals surface area (Å²) in [6.07, 6.45) is 0. The molecule has 0 saturated carbocycles. The van der Waals surface area contributed by atoms with Gasteiger partial charge in [-0.3, -0.25) is 4.79 Å². The molecule has 0 fully saturated rings. The molecule has 7 nitrogen and oxygen atoms in total. The normalized spacial score (nSPS) is 11.4. The van der Waals surface area contributed by atoms with Crippen LogP contribution in [0.5, 0.6) is 11.5 Å². The van der Waals surface area contributed by atoms with E-state index in [0.717, 1.165) is 0 Å². The molecule has 0 saturated heterocycles. The van der Waals surface area contributed by atoms with Crippen molar-refractivity contribution in [3.05, 3.63) is 18.2 Å². The van der Waals surface area contributed by atoms with E-state index < -0.39 is 17.9 Å². The third-order valence-electron chi connectivity index (χ3n) is 2.92. The maximum Gasteiger partial charge on any atom is 0.321 e. The molecule has 1 unspecified atom stereocenters. The Bertz CT molecular complexity index is 496. The predicted molar refractivity (Wildman–Crippen MR) is 78.0 cm³/mol. The maximum absolute atomic E-state index is 12.0. The molecule has 2 N–H and O–H groups in total. The minimum Gasteiger partial charge on any atom is -0.497 e. The third kappa shape index (κ3) is 4.87. The highest BCUT2D eigenvalue weighted by Gasteiger charge is 2.17. The number of urea groups is 1. The van der Waals surface area contributed by atoms with Gasteiger partial charge in [-0.05, 0) is 0 Å². The number of aliphatic carboxylic acids is 1. The van der Waals surface area contributed by atoms with Crippen molar-refractivity contribution < 1.29 is 24.2 Å². The van der Waals surface area contributed by atoms with Crippen LogP contribution in [-0.4, -0.2) is 49.8 Å². The van der Waals surface area contributed by atoms with Crippen LogP contribution in [-0.2, 0) is 4.79 Å². The largest absolute Gasteiger partial charge is 0.497 e. The van der Waals surface area contributed by atoms with Gasteiger partial charge in [-0.2, -0.15) is 0 Å². The summed E-state index contributed by atoms with van der Waals surface area (Å²) in [7, 11) is 4.56. The lowest BCUT2D eigenvalue weighted by molar-refractivity contribution is -0.141. The van der Waals surface area contributed by atoms with Gasteiger partial charge in [0.15, 0.2) is 0 Å². The number of carbonyl (C=O) groups excluding carboxylic acids is 1. The van der Waals surface area contributed by atoms with Crippen molar-refractivity contribution in [3.63, 3.8) is 0 Å². The van der Waals surface area contributed by atoms with Gasteiger partial charge in [-0.1, -0.05) is 6.92 Å². The molecular weight excluding hydrogens is 276 g/mol. The molecule has 0 bridgehead atoms. The average molecular weight is 296 g/mol. The monoisotopic (exact) mass is 296 g/mol. The number of anilines is 1. The summed E-state index contributed by atoms with van der Waals surface area (Å²) >= 11 is 0. The number of amides is 2. The first-order chi connectivity index (χ1) is 9.87. The lowest BCUT2D eigenvalue weighted by Gasteiger charge is -2.20. The molecule has 0 heterocycles. The van der Waals surface area contributed by atoms with E-state index in [1.165, 1.54) is 26.2 Å². The van der Waals surface area contributed by atoms with E-state index in [-0.39, 0.29) is 6.54 Å². The molecule has 2 amide bonds. The zero-order valence-corrected chi connectivity index (χ0v) is 12.5. The second-order valence-electron chi connectivity index (χ2n) is 4.65. The van der Waals surface area contributed by atoms with Gasteiger partial charge in [0.1, 0.15) is 11.5 Å². The van der Waals surface area contributed by atoms with Gasteiger partial charge in [0.25, 0.3) is 0 Å². The van der Waals surface area contributed by atoms with Crippen LogP contribution in [0.1, 0.15) is 6.92 Å². The van der Waals surface area contributed by atoms with Gasteiger partial charge >= 0.3 is 12.0 Å². The molecule has 1 aromatic rings. The number of hydrogen-bond donors (Lipinski definition) is 2. The van der Waals surface area contributed by atoms with Gasteiger partial charge in [-0.15, -0.1) is 0 Å². The van der Waals surface area contributed by atoms with Crippen LogP contribution in [0.4, 0.5) is 10.5 Å². The highest BCUT2D eigenvalue weighted by molar-refractivity contribution is 5.90. The number of carboxylic acids is 1. The molecule has 0 aliphatic heterocycles. The van der Waals surface area contributed by atoms with E-state index in [0.29, 0.717) is 17.2 Å². The lowest BCUT2D eigenvalue weighted by Crippen LogP contribution is -2.36. The van der Waals surface area contributed by atoms with Gasteiger partial charge in [0.2, 0.25) is 0 Å². The van der Waals surface area contributed by atoms with E-state index in [4.69, 9.17) is 14.6 Å². The van der Waals surface area contributed by atoms with Crippen LogP contribution in [0.3, 0.4) is 0 Å². The average Bonchev–Trinajstić information content (AvgIpc) is 2.46. The van der Waals surface area contributed by atoms with E-state index in [2.05, 4.69) is 5.32 Å². The number of ether oxygens (including phenoxy) is 2. The fourth-order valence-electron chi connectivity index (χ4n) is 1.67. The quantitative estimate of drug-likeness (QED) is 0.837. The van der Waals surface area contributed by atoms with Crippen LogP contribution in [0.2, 0.25) is 0 Å². The number of hydrogen-bond acceptors (Lipinski definition) is 4. The Hall–Kier alpha value is -2.44. The van der Waals surface area contributed by atoms with Gasteiger partial charge in [-0.25, -0.2) is 4.79 Å². The molecule has 7 heteroatoms. The topological polar surface area (TPSA) is 88.1 Å². The molecule has 0 spiro atoms. The molecule has 1 rings (SSSR count). The number of nitrogens with zero attached hydrogens (tertiary/aromatic N) is 1. The van der Waals surface area contributed by atoms with Crippen LogP contribution in [0.15, 0.2) is 18.2 Å². The summed E-state index contributed by atoms with van der Waals surface area (Å²) in [6.45, 7) is 1.66. The number of methoxy groups -OCH3 is 2. The van der Waals surface area contributed by atoms with E-state index >= 15 is 0 Å². The molecule has 1 aromatic carbocycles. The van der Waals surface area contributed by atoms with Crippen LogP contribution >= 0.6 is 0 Å². The first-order valence-corrected chi connectivity index (χ1v) is 6.35. The fourth-order valence-corrected chi connectivity index (χ4v) is 1.67. The highest BCUT2D eigenvalue weighted by Crippen LogP contribution is 2.25. The highest BCUT2D eigenvalue weighted by atomic mass is 16.5. The molecule has 0 aliphatic rings. The van der Waals surface area contributed by atoms with E-state index in [1.807, 2.05) is 0 Å². The Morgan fingerprint density at radius 2 is 1.76 bits per heavy atom. The molecule has 21 heavy (non-hydrogen) atoms. The second-order valence-corrected chi connectivity index (χ2v) is 4.65. The minimum absolute atomic E-state index is 0.113. The fraction of sp³-hybridized carbons (Fsp3) is 0.429. The van der Waals surface area contributed by atoms with E-state index in [9.17, 15) is 9.59 Å². The van der Waals surface area contributed by atoms with E-state index in [1.54, 1.807) is 25.1 Å². The SMILES string of the molecule is COc1cc(NC(=O)N(C)CC(C)C(=O)O)cc(OC)c1. The number of nitrogens with one attached hydrogen (secondary N) is 1. The first-order valence-electron chi connectivity index (χ1n) is 6.35. The summed E-state index contributed by atoms with van der Waals surface area (Å²) < 4.78 is 10.2. The zero-order chi connectivity index (χ0) is 16.0. The third-order valence-corrected chi connectivity index (χ3v) is 2.92. The summed E-state index contributed by atoms with van der Waals surface area (Å²) in [4.78, 5) is 24.1. The van der Waals surface area contributed by atoms with Crippen molar-refractivity contribution in [1.82, 2.24) is 4.90 Å². The number of carbonyl (C=O) groups is 2. The maximum atomic E-state index is 12.0. The van der Waals surface area contributed by atoms with Crippen molar-refractivity contribution in [3.8, 4) is 11.5 Å². The van der Waals surface area contributed by atoms with Crippen LogP contribution < -0.4 is 14.8 Å². The predicted octanol–water partition coefficient (Wildman–Crippen LogP) is 1.89. The minimum atomic E-state index is -0.947. The van der Waals surface area contributed by atoms with Crippen molar-refractivity contribution in [2.45, 2.75) is 6.92 Å². The smallest absolute Gasteiger partial charge is 0.321 e. The summed E-state index contributed by atoms with van der Waals surface area (Å²) in [5, 5.41) is 11.5. The number of rotatable bonds is 6. The molecule has 0 aromatic heterocycles. The Kier molecular flexibility index (Phi) is 5.83. The molecular formula is C14H20N2O5. The summed E-state index contributed by atoms with van der Waals surface area (Å²) in [5.41, 5.74) is 0.506. The Morgan fingerprint density at radius 1 is 1.24 bits per heavy atom. The van der Waals surface area contributed by atoms with Crippen molar-refractivity contribution in [1.29, 1.82) is 0 Å². The standard InChI is InChI=1S/C14H20N2O5/c1-9(13(17)18)8-16(2)14(19)15-10-5-11(20-3)7-12(6-10)21-4/h5-7,9H,8H2,1-4H3,(H,15,19)(H,17,18). The molecule has 116 valence electrons. The molecule has 0 radical (unpaired) electrons. The van der Waals surface area contributed by atoms with Crippen LogP contribution in [0.25, 0.3) is 0 Å². The van der Waals surface area contributed by atoms with Crippen LogP contribution in [0, 0.1) is 5.92 Å². The van der Waals surface area contributed by atoms with Crippen molar-refractivity contribution >= 4 is 17.7 Å². The zero-order valence-electron chi connectivity index (χ0n) is 12.5. The second kappa shape index (κ2) is 7.37. The molecule has 0 aliphatic carbocycles. The number of carboxylic acid groups (broad SMARTS) is 1. The van der Waals surface area contributed by atoms with Gasteiger partial charge in [0.05, 0.1) is 20.1 Å². The van der Waals surface area contributed by atoms with Crippen molar-refractivity contribution in [2.24, 2.45) is 5.92 Å². The Balaban J connectivity index is 2.75. The summed E-state index contributed by atoms with van der Waals surface area (Å²) in [5.74, 6) is -0.490. The van der Waals surface area contributed by atoms with Crippen molar-refractivity contribution in [2.75, 3.05) is 33.1 Å². The Labute approximate surface area is 123 Å².